The number of fused-ring (bicyclic) bond motifs is 1. The average Bonchev–Trinajstić information content (AvgIpc) is 2.71. The van der Waals surface area contributed by atoms with Gasteiger partial charge in [-0.1, -0.05) is 30.3 Å². The van der Waals surface area contributed by atoms with E-state index >= 15 is 0 Å². The summed E-state index contributed by atoms with van der Waals surface area (Å²) in [6.07, 6.45) is 0.920. The molecule has 0 radical (unpaired) electrons. The summed E-state index contributed by atoms with van der Waals surface area (Å²) in [4.78, 5) is 0. The Morgan fingerprint density at radius 2 is 1.74 bits per heavy atom. The molecular weight excluding hydrogens is 238 g/mol. The van der Waals surface area contributed by atoms with E-state index in [-0.39, 0.29) is 0 Å². The van der Waals surface area contributed by atoms with Gasteiger partial charge in [-0.3, -0.25) is 0 Å². The molecule has 0 saturated heterocycles. The van der Waals surface area contributed by atoms with Crippen molar-refractivity contribution < 1.29 is 9.47 Å². The van der Waals surface area contributed by atoms with Gasteiger partial charge in [-0.05, 0) is 28.8 Å². The third-order valence-corrected chi connectivity index (χ3v) is 3.30. The maximum Gasteiger partial charge on any atom is 0.161 e. The number of benzene rings is 2. The van der Waals surface area contributed by atoms with Crippen molar-refractivity contribution in [1.82, 2.24) is 0 Å². The molecule has 0 spiro atoms. The summed E-state index contributed by atoms with van der Waals surface area (Å²) in [5.74, 6) is 1.65. The van der Waals surface area contributed by atoms with Gasteiger partial charge < -0.3 is 15.2 Å². The van der Waals surface area contributed by atoms with Crippen LogP contribution in [0.2, 0.25) is 0 Å². The van der Waals surface area contributed by atoms with Gasteiger partial charge in [0.05, 0.1) is 13.2 Å². The van der Waals surface area contributed by atoms with Crippen LogP contribution >= 0.6 is 0 Å². The molecule has 0 aliphatic carbocycles. The number of hydrogen-bond donors (Lipinski definition) is 1. The fraction of sp³-hybridized carbons (Fsp3) is 0.250. The molecule has 0 atom stereocenters. The van der Waals surface area contributed by atoms with Crippen molar-refractivity contribution in [1.29, 1.82) is 0 Å². The summed E-state index contributed by atoms with van der Waals surface area (Å²) < 4.78 is 11.4. The molecule has 3 heteroatoms. The van der Waals surface area contributed by atoms with Crippen LogP contribution in [0, 0.1) is 0 Å². The minimum Gasteiger partial charge on any atom is -0.490 e. The van der Waals surface area contributed by atoms with Crippen molar-refractivity contribution in [3.63, 3.8) is 0 Å². The molecule has 1 aliphatic rings. The van der Waals surface area contributed by atoms with Crippen molar-refractivity contribution in [3.8, 4) is 22.6 Å². The third kappa shape index (κ3) is 2.42. The van der Waals surface area contributed by atoms with Crippen LogP contribution in [0.5, 0.6) is 11.5 Å². The first-order chi connectivity index (χ1) is 9.38. The highest BCUT2D eigenvalue weighted by Crippen LogP contribution is 2.35. The van der Waals surface area contributed by atoms with E-state index < -0.39 is 0 Å². The SMILES string of the molecule is NCc1ccccc1-c1ccc2c(c1)OCCCO2. The predicted octanol–water partition coefficient (Wildman–Crippen LogP) is 2.97. The lowest BCUT2D eigenvalue weighted by Gasteiger charge is -2.11. The Balaban J connectivity index is 2.04. The molecule has 2 aromatic rings. The predicted molar refractivity (Wildman–Crippen MR) is 75.4 cm³/mol. The number of rotatable bonds is 2. The molecule has 2 N–H and O–H groups in total. The van der Waals surface area contributed by atoms with Gasteiger partial charge in [-0.25, -0.2) is 0 Å². The van der Waals surface area contributed by atoms with E-state index in [1.165, 1.54) is 0 Å². The smallest absolute Gasteiger partial charge is 0.161 e. The van der Waals surface area contributed by atoms with Gasteiger partial charge in [0.15, 0.2) is 11.5 Å². The molecule has 3 nitrogen and oxygen atoms in total. The Kier molecular flexibility index (Phi) is 3.38. The van der Waals surface area contributed by atoms with Gasteiger partial charge >= 0.3 is 0 Å². The fourth-order valence-corrected chi connectivity index (χ4v) is 2.31. The summed E-state index contributed by atoms with van der Waals surface area (Å²) in [6, 6.07) is 14.2. The van der Waals surface area contributed by atoms with Gasteiger partial charge in [-0.2, -0.15) is 0 Å². The normalized spacial score (nSPS) is 13.9. The van der Waals surface area contributed by atoms with Gasteiger partial charge in [0.25, 0.3) is 0 Å². The van der Waals surface area contributed by atoms with Gasteiger partial charge in [0.2, 0.25) is 0 Å². The zero-order valence-electron chi connectivity index (χ0n) is 10.8. The van der Waals surface area contributed by atoms with Crippen molar-refractivity contribution in [3.05, 3.63) is 48.0 Å². The van der Waals surface area contributed by atoms with Gasteiger partial charge in [0.1, 0.15) is 0 Å². The van der Waals surface area contributed by atoms with Crippen LogP contribution in [0.1, 0.15) is 12.0 Å². The highest BCUT2D eigenvalue weighted by molar-refractivity contribution is 5.70. The maximum atomic E-state index is 5.79. The fourth-order valence-electron chi connectivity index (χ4n) is 2.31. The topological polar surface area (TPSA) is 44.5 Å². The summed E-state index contributed by atoms with van der Waals surface area (Å²) in [6.45, 7) is 1.95. The molecule has 1 heterocycles. The van der Waals surface area contributed by atoms with E-state index in [1.807, 2.05) is 24.3 Å². The molecule has 0 saturated carbocycles. The second kappa shape index (κ2) is 5.33. The van der Waals surface area contributed by atoms with E-state index in [4.69, 9.17) is 15.2 Å². The second-order valence-corrected chi connectivity index (χ2v) is 4.57. The van der Waals surface area contributed by atoms with Gasteiger partial charge in [0, 0.05) is 13.0 Å². The van der Waals surface area contributed by atoms with Crippen LogP contribution in [-0.4, -0.2) is 13.2 Å². The molecule has 0 fully saturated rings. The van der Waals surface area contributed by atoms with Gasteiger partial charge in [-0.15, -0.1) is 0 Å². The number of hydrogen-bond acceptors (Lipinski definition) is 3. The largest absolute Gasteiger partial charge is 0.490 e. The van der Waals surface area contributed by atoms with Crippen molar-refractivity contribution >= 4 is 0 Å². The minimum absolute atomic E-state index is 0.532. The quantitative estimate of drug-likeness (QED) is 0.897. The molecule has 19 heavy (non-hydrogen) atoms. The van der Waals surface area contributed by atoms with Crippen molar-refractivity contribution in [2.24, 2.45) is 5.73 Å². The van der Waals surface area contributed by atoms with E-state index in [2.05, 4.69) is 18.2 Å². The molecule has 98 valence electrons. The third-order valence-electron chi connectivity index (χ3n) is 3.30. The monoisotopic (exact) mass is 255 g/mol. The van der Waals surface area contributed by atoms with Crippen LogP contribution in [0.3, 0.4) is 0 Å². The number of nitrogens with two attached hydrogens (primary N) is 1. The van der Waals surface area contributed by atoms with Crippen molar-refractivity contribution in [2.75, 3.05) is 13.2 Å². The first-order valence-corrected chi connectivity index (χ1v) is 6.56. The summed E-state index contributed by atoms with van der Waals surface area (Å²) in [5.41, 5.74) is 9.20. The van der Waals surface area contributed by atoms with E-state index in [1.54, 1.807) is 0 Å². The Morgan fingerprint density at radius 1 is 0.947 bits per heavy atom. The first-order valence-electron chi connectivity index (χ1n) is 6.56. The molecular formula is C16H17NO2. The lowest BCUT2D eigenvalue weighted by atomic mass is 9.99. The Bertz CT molecular complexity index is 581. The van der Waals surface area contributed by atoms with Crippen molar-refractivity contribution in [2.45, 2.75) is 13.0 Å². The molecule has 3 rings (SSSR count). The second-order valence-electron chi connectivity index (χ2n) is 4.57. The van der Waals surface area contributed by atoms with Crippen LogP contribution in [-0.2, 0) is 6.54 Å². The minimum atomic E-state index is 0.532. The molecule has 0 amide bonds. The zero-order valence-corrected chi connectivity index (χ0v) is 10.8. The molecule has 1 aliphatic heterocycles. The van der Waals surface area contributed by atoms with Crippen LogP contribution in [0.25, 0.3) is 11.1 Å². The Hall–Kier alpha value is -2.00. The van der Waals surface area contributed by atoms with Crippen LogP contribution in [0.4, 0.5) is 0 Å². The van der Waals surface area contributed by atoms with Crippen LogP contribution < -0.4 is 15.2 Å². The molecule has 0 unspecified atom stereocenters. The zero-order chi connectivity index (χ0) is 13.1. The molecule has 0 bridgehead atoms. The standard InChI is InChI=1S/C16H17NO2/c17-11-13-4-1-2-5-14(13)12-6-7-15-16(10-12)19-9-3-8-18-15/h1-2,4-7,10H,3,8-9,11,17H2. The average molecular weight is 255 g/mol. The first kappa shape index (κ1) is 12.1. The lowest BCUT2D eigenvalue weighted by Crippen LogP contribution is -1.99. The van der Waals surface area contributed by atoms with E-state index in [0.29, 0.717) is 19.8 Å². The summed E-state index contributed by atoms with van der Waals surface area (Å²) >= 11 is 0. The highest BCUT2D eigenvalue weighted by Gasteiger charge is 2.12. The van der Waals surface area contributed by atoms with Crippen LogP contribution in [0.15, 0.2) is 42.5 Å². The Morgan fingerprint density at radius 3 is 2.58 bits per heavy atom. The molecule has 0 aromatic heterocycles. The number of ether oxygens (including phenoxy) is 2. The maximum absolute atomic E-state index is 5.79. The highest BCUT2D eigenvalue weighted by atomic mass is 16.5. The van der Waals surface area contributed by atoms with E-state index in [0.717, 1.165) is 34.6 Å². The van der Waals surface area contributed by atoms with E-state index in [9.17, 15) is 0 Å². The summed E-state index contributed by atoms with van der Waals surface area (Å²) in [7, 11) is 0. The summed E-state index contributed by atoms with van der Waals surface area (Å²) in [5, 5.41) is 0. The molecule has 2 aromatic carbocycles. The Labute approximate surface area is 113 Å². The lowest BCUT2D eigenvalue weighted by molar-refractivity contribution is 0.297.